The molecule has 0 radical (unpaired) electrons. The smallest absolute Gasteiger partial charge is 0.408 e. The molecule has 8 nitrogen and oxygen atoms in total. The van der Waals surface area contributed by atoms with E-state index in [9.17, 15) is 14.4 Å². The Morgan fingerprint density at radius 2 is 1.53 bits per heavy atom. The third-order valence-corrected chi connectivity index (χ3v) is 5.56. The first-order valence-corrected chi connectivity index (χ1v) is 13.3. The molecule has 2 aromatic carbocycles. The predicted molar refractivity (Wildman–Crippen MR) is 147 cm³/mol. The monoisotopic (exact) mass is 526 g/mol. The van der Waals surface area contributed by atoms with Crippen LogP contribution < -0.4 is 15.4 Å². The van der Waals surface area contributed by atoms with E-state index in [1.54, 1.807) is 20.8 Å². The van der Waals surface area contributed by atoms with Crippen LogP contribution in [0.1, 0.15) is 71.8 Å². The first-order valence-electron chi connectivity index (χ1n) is 13.3. The molecule has 0 unspecified atom stereocenters. The number of alkyl carbamates (subject to hydrolysis) is 1. The lowest BCUT2D eigenvalue weighted by atomic mass is 10.1. The number of para-hydroxylation sites is 1. The van der Waals surface area contributed by atoms with Gasteiger partial charge >= 0.3 is 12.1 Å². The van der Waals surface area contributed by atoms with Crippen molar-refractivity contribution in [3.8, 4) is 5.75 Å². The van der Waals surface area contributed by atoms with E-state index >= 15 is 0 Å². The van der Waals surface area contributed by atoms with Crippen LogP contribution in [0.4, 0.5) is 4.79 Å². The third kappa shape index (κ3) is 13.1. The van der Waals surface area contributed by atoms with Gasteiger partial charge in [0, 0.05) is 6.04 Å². The normalized spacial score (nSPS) is 12.6. The van der Waals surface area contributed by atoms with Crippen LogP contribution in [0.25, 0.3) is 0 Å². The van der Waals surface area contributed by atoms with Gasteiger partial charge < -0.3 is 24.8 Å². The summed E-state index contributed by atoms with van der Waals surface area (Å²) in [4.78, 5) is 38.2. The molecular weight excluding hydrogens is 484 g/mol. The molecule has 0 aliphatic heterocycles. The maximum Gasteiger partial charge on any atom is 0.408 e. The highest BCUT2D eigenvalue weighted by Crippen LogP contribution is 2.13. The van der Waals surface area contributed by atoms with Crippen molar-refractivity contribution in [2.24, 2.45) is 0 Å². The third-order valence-electron chi connectivity index (χ3n) is 5.56. The van der Waals surface area contributed by atoms with Gasteiger partial charge in [0.2, 0.25) is 5.91 Å². The summed E-state index contributed by atoms with van der Waals surface area (Å²) in [6.45, 7) is 7.91. The average Bonchev–Trinajstić information content (AvgIpc) is 2.87. The molecule has 0 aliphatic carbocycles. The van der Waals surface area contributed by atoms with Crippen LogP contribution in [0.3, 0.4) is 0 Å². The van der Waals surface area contributed by atoms with Gasteiger partial charge in [-0.15, -0.1) is 0 Å². The lowest BCUT2D eigenvalue weighted by molar-refractivity contribution is -0.145. The minimum absolute atomic E-state index is 0.0108. The number of nitrogens with one attached hydrogen (secondary N) is 2. The van der Waals surface area contributed by atoms with E-state index in [0.717, 1.165) is 24.2 Å². The first-order chi connectivity index (χ1) is 18.2. The van der Waals surface area contributed by atoms with Gasteiger partial charge in [-0.3, -0.25) is 9.59 Å². The Morgan fingerprint density at radius 3 is 2.16 bits per heavy atom. The van der Waals surface area contributed by atoms with Crippen LogP contribution in [0.15, 0.2) is 60.7 Å². The van der Waals surface area contributed by atoms with Gasteiger partial charge in [-0.05, 0) is 57.7 Å². The lowest BCUT2D eigenvalue weighted by Gasteiger charge is -2.25. The Bertz CT molecular complexity index is 975. The van der Waals surface area contributed by atoms with Crippen LogP contribution in [-0.2, 0) is 25.7 Å². The highest BCUT2D eigenvalue weighted by molar-refractivity contribution is 5.86. The molecule has 0 fully saturated rings. The van der Waals surface area contributed by atoms with Crippen molar-refractivity contribution in [1.29, 1.82) is 0 Å². The zero-order valence-corrected chi connectivity index (χ0v) is 23.0. The minimum Gasteiger partial charge on any atom is -0.494 e. The fourth-order valence-corrected chi connectivity index (χ4v) is 3.69. The van der Waals surface area contributed by atoms with Crippen LogP contribution in [0.5, 0.6) is 5.75 Å². The van der Waals surface area contributed by atoms with Crippen LogP contribution in [-0.4, -0.2) is 42.3 Å². The summed E-state index contributed by atoms with van der Waals surface area (Å²) in [6, 6.07) is 17.6. The van der Waals surface area contributed by atoms with Gasteiger partial charge in [0.1, 0.15) is 24.0 Å². The number of esters is 1. The SMILES string of the molecule is CCCC[C@H](NC(=O)OC(C)(C)C)C(=O)N[C@@H](CCCOc1ccccc1)CC(=O)OCc1ccccc1. The number of hydrogen-bond acceptors (Lipinski definition) is 6. The van der Waals surface area contributed by atoms with Crippen LogP contribution in [0, 0.1) is 0 Å². The van der Waals surface area contributed by atoms with Crippen molar-refractivity contribution in [3.05, 3.63) is 66.2 Å². The molecule has 0 aromatic heterocycles. The molecule has 208 valence electrons. The summed E-state index contributed by atoms with van der Waals surface area (Å²) in [5.74, 6) is -0.000895. The summed E-state index contributed by atoms with van der Waals surface area (Å²) in [5.41, 5.74) is 0.207. The van der Waals surface area contributed by atoms with Crippen molar-refractivity contribution >= 4 is 18.0 Å². The molecule has 2 rings (SSSR count). The second-order valence-corrected chi connectivity index (χ2v) is 10.2. The zero-order valence-electron chi connectivity index (χ0n) is 23.0. The molecular formula is C30H42N2O6. The molecule has 2 N–H and O–H groups in total. The van der Waals surface area contributed by atoms with E-state index in [1.165, 1.54) is 0 Å². The Kier molecular flexibility index (Phi) is 13.2. The van der Waals surface area contributed by atoms with Crippen molar-refractivity contribution in [3.63, 3.8) is 0 Å². The second-order valence-electron chi connectivity index (χ2n) is 10.2. The van der Waals surface area contributed by atoms with E-state index in [0.29, 0.717) is 25.9 Å². The molecule has 0 heterocycles. The number of carbonyl (C=O) groups excluding carboxylic acids is 3. The maximum absolute atomic E-state index is 13.2. The van der Waals surface area contributed by atoms with Crippen molar-refractivity contribution in [2.45, 2.75) is 90.5 Å². The average molecular weight is 527 g/mol. The van der Waals surface area contributed by atoms with Gasteiger partial charge in [-0.2, -0.15) is 0 Å². The number of carbonyl (C=O) groups is 3. The van der Waals surface area contributed by atoms with Gasteiger partial charge in [-0.25, -0.2) is 4.79 Å². The van der Waals surface area contributed by atoms with Crippen molar-refractivity contribution in [2.75, 3.05) is 6.61 Å². The highest BCUT2D eigenvalue weighted by Gasteiger charge is 2.26. The summed E-state index contributed by atoms with van der Waals surface area (Å²) in [6.07, 6.45) is 2.57. The minimum atomic E-state index is -0.770. The second kappa shape index (κ2) is 16.3. The fourth-order valence-electron chi connectivity index (χ4n) is 3.69. The lowest BCUT2D eigenvalue weighted by Crippen LogP contribution is -2.51. The molecule has 2 aromatic rings. The molecule has 0 saturated heterocycles. The number of rotatable bonds is 15. The number of benzene rings is 2. The quantitative estimate of drug-likeness (QED) is 0.233. The molecule has 38 heavy (non-hydrogen) atoms. The Morgan fingerprint density at radius 1 is 0.868 bits per heavy atom. The van der Waals surface area contributed by atoms with Gasteiger partial charge in [0.05, 0.1) is 13.0 Å². The summed E-state index contributed by atoms with van der Waals surface area (Å²) in [7, 11) is 0. The predicted octanol–water partition coefficient (Wildman–Crippen LogP) is 5.55. The fraction of sp³-hybridized carbons (Fsp3) is 0.500. The number of amides is 2. The van der Waals surface area contributed by atoms with E-state index in [4.69, 9.17) is 14.2 Å². The molecule has 0 saturated carbocycles. The maximum atomic E-state index is 13.2. The van der Waals surface area contributed by atoms with Crippen molar-refractivity contribution < 1.29 is 28.6 Å². The zero-order chi connectivity index (χ0) is 27.8. The first kappa shape index (κ1) is 30.7. The largest absolute Gasteiger partial charge is 0.494 e. The highest BCUT2D eigenvalue weighted by atomic mass is 16.6. The van der Waals surface area contributed by atoms with Crippen LogP contribution >= 0.6 is 0 Å². The number of ether oxygens (including phenoxy) is 3. The molecule has 2 amide bonds. The Hall–Kier alpha value is -3.55. The van der Waals surface area contributed by atoms with Crippen LogP contribution in [0.2, 0.25) is 0 Å². The van der Waals surface area contributed by atoms with Crippen molar-refractivity contribution in [1.82, 2.24) is 10.6 Å². The summed E-state index contributed by atoms with van der Waals surface area (Å²) in [5, 5.41) is 5.64. The number of unbranched alkanes of at least 4 members (excludes halogenated alkanes) is 1. The van der Waals surface area contributed by atoms with Gasteiger partial charge in [-0.1, -0.05) is 68.3 Å². The Labute approximate surface area is 226 Å². The topological polar surface area (TPSA) is 103 Å². The number of hydrogen-bond donors (Lipinski definition) is 2. The van der Waals surface area contributed by atoms with E-state index in [-0.39, 0.29) is 18.9 Å². The molecule has 2 atom stereocenters. The molecule has 0 spiro atoms. The van der Waals surface area contributed by atoms with E-state index in [1.807, 2.05) is 67.6 Å². The Balaban J connectivity index is 2.00. The summed E-state index contributed by atoms with van der Waals surface area (Å²) < 4.78 is 16.6. The summed E-state index contributed by atoms with van der Waals surface area (Å²) >= 11 is 0. The standard InChI is InChI=1S/C30H42N2O6/c1-5-6-19-26(32-29(35)38-30(2,3)4)28(34)31-24(16-13-20-36-25-17-11-8-12-18-25)21-27(33)37-22-23-14-9-7-10-15-23/h7-12,14-15,17-18,24,26H,5-6,13,16,19-22H2,1-4H3,(H,31,34)(H,32,35)/t24-,26-/m0/s1. The molecule has 8 heteroatoms. The molecule has 0 aliphatic rings. The van der Waals surface area contributed by atoms with E-state index < -0.39 is 29.7 Å². The van der Waals surface area contributed by atoms with Gasteiger partial charge in [0.25, 0.3) is 0 Å². The van der Waals surface area contributed by atoms with E-state index in [2.05, 4.69) is 10.6 Å². The molecule has 0 bridgehead atoms. The van der Waals surface area contributed by atoms with Gasteiger partial charge in [0.15, 0.2) is 0 Å².